The van der Waals surface area contributed by atoms with Gasteiger partial charge in [-0.3, -0.25) is 4.79 Å². The van der Waals surface area contributed by atoms with E-state index < -0.39 is 180 Å². The van der Waals surface area contributed by atoms with Gasteiger partial charge in [0.15, 0.2) is 18.9 Å². The van der Waals surface area contributed by atoms with E-state index in [9.17, 15) is 81.1 Å². The van der Waals surface area contributed by atoms with Gasteiger partial charge >= 0.3 is 6.09 Å². The minimum absolute atomic E-state index is 0.670. The van der Waals surface area contributed by atoms with Crippen molar-refractivity contribution in [3.63, 3.8) is 0 Å². The Kier molecular flexibility index (Phi) is 26.6. The molecule has 0 aliphatic carbocycles. The van der Waals surface area contributed by atoms with Crippen molar-refractivity contribution in [3.8, 4) is 0 Å². The van der Waals surface area contributed by atoms with Crippen molar-refractivity contribution in [2.24, 2.45) is 0 Å². The Hall–Kier alpha value is -2.36. The molecular weight excluding hydrogens is 952 g/mol. The van der Waals surface area contributed by atoms with Crippen LogP contribution in [0.5, 0.6) is 0 Å². The Morgan fingerprint density at radius 2 is 0.986 bits per heavy atom. The number of rotatable bonds is 28. The van der Waals surface area contributed by atoms with Crippen LogP contribution in [0.25, 0.3) is 0 Å². The second-order valence-electron chi connectivity index (χ2n) is 18.4. The van der Waals surface area contributed by atoms with Gasteiger partial charge in [-0.1, -0.05) is 83.3 Å². The number of carbonyl (C=O) groups excluding carboxylic acids is 2. The van der Waals surface area contributed by atoms with Gasteiger partial charge in [0.05, 0.1) is 45.2 Å². The lowest BCUT2D eigenvalue weighted by atomic mass is 9.95. The van der Waals surface area contributed by atoms with E-state index in [4.69, 9.17) is 37.9 Å². The molecule has 4 heterocycles. The average Bonchev–Trinajstić information content (AvgIpc) is 3.35. The molecule has 0 aromatic heterocycles. The number of ether oxygens (including phenoxy) is 8. The van der Waals surface area contributed by atoms with E-state index in [1.807, 2.05) is 0 Å². The molecule has 22 unspecified atom stereocenters. The summed E-state index contributed by atoms with van der Waals surface area (Å²) < 4.78 is 44.6. The standard InChI is InChI=1S/C45H80N2O24/c1-3-4-5-6-7-8-9-10-11-12-13-14-15-16-24(54)23(17-48)47-45(63)71-43-36(61)34(59)38(28(21-52)67-43)68-42-35(60)33(58)39(27(20-51)66-42)69-44-37(62)40(31(56)26(19-50)65-44)70-41-29(46-22(2)53)32(57)30(55)25(18-49)64-41/h15-16,23-44,48-52,54-62H,3-14,17-21H2,1-2H3,(H,46,53)(H,47,63). The van der Waals surface area contributed by atoms with Crippen molar-refractivity contribution >= 4 is 12.0 Å². The maximum Gasteiger partial charge on any atom is 0.409 e. The van der Waals surface area contributed by atoms with Crippen LogP contribution < -0.4 is 10.6 Å². The number of hydrogen-bond acceptors (Lipinski definition) is 24. The quantitative estimate of drug-likeness (QED) is 0.0258. The van der Waals surface area contributed by atoms with Crippen LogP contribution in [0, 0.1) is 0 Å². The topological polar surface area (TPSA) is 415 Å². The lowest BCUT2D eigenvalue weighted by Gasteiger charge is -2.49. The highest BCUT2D eigenvalue weighted by Crippen LogP contribution is 2.35. The predicted octanol–water partition coefficient (Wildman–Crippen LogP) is -4.89. The third-order valence-corrected chi connectivity index (χ3v) is 13.0. The van der Waals surface area contributed by atoms with Gasteiger partial charge in [-0.15, -0.1) is 0 Å². The normalized spacial score (nSPS) is 38.7. The average molecular weight is 1030 g/mol. The SMILES string of the molecule is CCCCCCCCCCCCCC=CC(O)C(CO)NC(=O)OC1OC(CO)C(OC2OC(CO)C(OC3OC(CO)C(O)C(OC4OC(CO)C(O)C(O)C4NC(C)=O)C3O)C(O)C2O)C(O)C1O. The van der Waals surface area contributed by atoms with Crippen LogP contribution in [0.2, 0.25) is 0 Å². The summed E-state index contributed by atoms with van der Waals surface area (Å²) in [4.78, 5) is 24.8. The van der Waals surface area contributed by atoms with E-state index in [0.29, 0.717) is 6.42 Å². The predicted molar refractivity (Wildman–Crippen MR) is 240 cm³/mol. The van der Waals surface area contributed by atoms with Crippen LogP contribution in [-0.4, -0.2) is 251 Å². The minimum Gasteiger partial charge on any atom is -0.417 e. The number of hydrogen-bond donors (Lipinski definition) is 16. The molecule has 22 atom stereocenters. The first-order chi connectivity index (χ1) is 34.0. The number of nitrogens with one attached hydrogen (secondary N) is 2. The Labute approximate surface area is 412 Å². The Morgan fingerprint density at radius 1 is 0.535 bits per heavy atom. The molecule has 26 heteroatoms. The summed E-state index contributed by atoms with van der Waals surface area (Å²) in [6.07, 6.45) is -21.0. The van der Waals surface area contributed by atoms with Crippen LogP contribution in [0.15, 0.2) is 12.2 Å². The van der Waals surface area contributed by atoms with Crippen molar-refractivity contribution in [2.75, 3.05) is 33.0 Å². The summed E-state index contributed by atoms with van der Waals surface area (Å²) in [7, 11) is 0. The number of allylic oxidation sites excluding steroid dienone is 1. The molecule has 4 aliphatic heterocycles. The number of amides is 2. The third-order valence-electron chi connectivity index (χ3n) is 13.0. The Balaban J connectivity index is 1.31. The Bertz CT molecular complexity index is 1550. The van der Waals surface area contributed by atoms with Crippen molar-refractivity contribution in [1.29, 1.82) is 0 Å². The van der Waals surface area contributed by atoms with E-state index in [1.165, 1.54) is 57.4 Å². The van der Waals surface area contributed by atoms with E-state index in [-0.39, 0.29) is 0 Å². The number of unbranched alkanes of at least 4 members (excludes halogenated alkanes) is 11. The fraction of sp³-hybridized carbons (Fsp3) is 0.911. The molecule has 4 saturated heterocycles. The number of aliphatic hydroxyl groups excluding tert-OH is 14. The van der Waals surface area contributed by atoms with Gasteiger partial charge in [0, 0.05) is 6.92 Å². The lowest BCUT2D eigenvalue weighted by molar-refractivity contribution is -0.385. The molecule has 16 N–H and O–H groups in total. The number of alkyl carbamates (subject to hydrolysis) is 1. The summed E-state index contributed by atoms with van der Waals surface area (Å²) in [5, 5.41) is 153. The molecule has 0 aromatic rings. The van der Waals surface area contributed by atoms with Gasteiger partial charge in [0.25, 0.3) is 0 Å². The molecule has 0 aromatic carbocycles. The summed E-state index contributed by atoms with van der Waals surface area (Å²) in [6, 6.07) is -2.77. The fourth-order valence-electron chi connectivity index (χ4n) is 8.85. The first-order valence-corrected chi connectivity index (χ1v) is 24.6. The van der Waals surface area contributed by atoms with E-state index in [0.717, 1.165) is 26.2 Å². The van der Waals surface area contributed by atoms with Crippen LogP contribution in [-0.2, 0) is 42.7 Å². The maximum absolute atomic E-state index is 12.9. The summed E-state index contributed by atoms with van der Waals surface area (Å²) in [6.45, 7) is -1.13. The van der Waals surface area contributed by atoms with Crippen molar-refractivity contribution in [3.05, 3.63) is 12.2 Å². The molecule has 414 valence electrons. The molecule has 0 saturated carbocycles. The van der Waals surface area contributed by atoms with E-state index in [2.05, 4.69) is 17.6 Å². The molecule has 0 bridgehead atoms. The van der Waals surface area contributed by atoms with E-state index in [1.54, 1.807) is 6.08 Å². The van der Waals surface area contributed by atoms with Crippen molar-refractivity contribution in [1.82, 2.24) is 10.6 Å². The summed E-state index contributed by atoms with van der Waals surface area (Å²) in [5.74, 6) is -0.713. The van der Waals surface area contributed by atoms with Gasteiger partial charge in [-0.05, 0) is 12.8 Å². The molecular formula is C45H80N2O24. The smallest absolute Gasteiger partial charge is 0.409 e. The van der Waals surface area contributed by atoms with Gasteiger partial charge in [-0.25, -0.2) is 4.79 Å². The van der Waals surface area contributed by atoms with E-state index >= 15 is 0 Å². The number of aliphatic hydroxyl groups is 14. The molecule has 4 aliphatic rings. The van der Waals surface area contributed by atoms with Crippen molar-refractivity contribution < 1.29 is 119 Å². The maximum atomic E-state index is 12.9. The van der Waals surface area contributed by atoms with Gasteiger partial charge in [-0.2, -0.15) is 0 Å². The fourth-order valence-corrected chi connectivity index (χ4v) is 8.85. The zero-order valence-corrected chi connectivity index (χ0v) is 40.2. The molecule has 4 rings (SSSR count). The second kappa shape index (κ2) is 30.9. The van der Waals surface area contributed by atoms with Crippen LogP contribution in [0.3, 0.4) is 0 Å². The van der Waals surface area contributed by atoms with Gasteiger partial charge in [0.1, 0.15) is 97.6 Å². The number of carbonyl (C=O) groups is 2. The monoisotopic (exact) mass is 1030 g/mol. The third kappa shape index (κ3) is 17.1. The molecule has 26 nitrogen and oxygen atoms in total. The lowest BCUT2D eigenvalue weighted by Crippen LogP contribution is -2.69. The highest BCUT2D eigenvalue weighted by Gasteiger charge is 2.56. The Morgan fingerprint density at radius 3 is 1.51 bits per heavy atom. The largest absolute Gasteiger partial charge is 0.417 e. The van der Waals surface area contributed by atoms with Crippen molar-refractivity contribution in [2.45, 2.75) is 226 Å². The van der Waals surface area contributed by atoms with Crippen LogP contribution in [0.4, 0.5) is 4.79 Å². The van der Waals surface area contributed by atoms with Crippen LogP contribution in [0.1, 0.15) is 90.9 Å². The minimum atomic E-state index is -2.13. The highest BCUT2D eigenvalue weighted by atomic mass is 16.8. The van der Waals surface area contributed by atoms with Gasteiger partial charge < -0.3 is 120 Å². The summed E-state index contributed by atoms with van der Waals surface area (Å²) in [5.41, 5.74) is 0. The molecule has 0 spiro atoms. The zero-order valence-electron chi connectivity index (χ0n) is 40.2. The first-order valence-electron chi connectivity index (χ1n) is 24.6. The molecule has 0 radical (unpaired) electrons. The highest BCUT2D eigenvalue weighted by molar-refractivity contribution is 5.73. The first kappa shape index (κ1) is 61.2. The molecule has 71 heavy (non-hydrogen) atoms. The summed E-state index contributed by atoms with van der Waals surface area (Å²) >= 11 is 0. The van der Waals surface area contributed by atoms with Crippen LogP contribution >= 0.6 is 0 Å². The second-order valence-corrected chi connectivity index (χ2v) is 18.4. The zero-order chi connectivity index (χ0) is 52.4. The van der Waals surface area contributed by atoms with Gasteiger partial charge in [0.2, 0.25) is 12.2 Å². The molecule has 2 amide bonds. The molecule has 4 fully saturated rings.